The summed E-state index contributed by atoms with van der Waals surface area (Å²) in [6, 6.07) is 17.3. The second-order valence-corrected chi connectivity index (χ2v) is 5.80. The van der Waals surface area contributed by atoms with Crippen molar-refractivity contribution >= 4 is 17.3 Å². The van der Waals surface area contributed by atoms with E-state index >= 15 is 0 Å². The van der Waals surface area contributed by atoms with Gasteiger partial charge in [-0.25, -0.2) is 0 Å². The molecular formula is C20H16F3N3O. The van der Waals surface area contributed by atoms with Crippen molar-refractivity contribution < 1.29 is 18.0 Å². The minimum atomic E-state index is -4.38. The molecule has 27 heavy (non-hydrogen) atoms. The smallest absolute Gasteiger partial charge is 0.355 e. The number of pyridine rings is 1. The van der Waals surface area contributed by atoms with Crippen molar-refractivity contribution in [2.24, 2.45) is 0 Å². The van der Waals surface area contributed by atoms with Crippen molar-refractivity contribution in [1.29, 1.82) is 0 Å². The van der Waals surface area contributed by atoms with E-state index < -0.39 is 11.7 Å². The van der Waals surface area contributed by atoms with Crippen molar-refractivity contribution in [3.05, 3.63) is 89.7 Å². The van der Waals surface area contributed by atoms with Crippen molar-refractivity contribution in [2.75, 3.05) is 5.32 Å². The molecule has 138 valence electrons. The molecule has 2 N–H and O–H groups in total. The molecule has 4 nitrogen and oxygen atoms in total. The van der Waals surface area contributed by atoms with Crippen molar-refractivity contribution in [2.45, 2.75) is 12.7 Å². The molecule has 0 unspecified atom stereocenters. The molecule has 0 aliphatic heterocycles. The summed E-state index contributed by atoms with van der Waals surface area (Å²) in [5.74, 6) is -0.338. The number of aromatic nitrogens is 1. The van der Waals surface area contributed by atoms with Gasteiger partial charge in [0.05, 0.1) is 5.56 Å². The molecule has 0 aliphatic carbocycles. The highest BCUT2D eigenvalue weighted by Gasteiger charge is 2.29. The molecule has 1 amide bonds. The molecule has 0 saturated carbocycles. The average molecular weight is 371 g/mol. The zero-order valence-electron chi connectivity index (χ0n) is 14.1. The van der Waals surface area contributed by atoms with Gasteiger partial charge in [0, 0.05) is 24.1 Å². The topological polar surface area (TPSA) is 54.0 Å². The summed E-state index contributed by atoms with van der Waals surface area (Å²) >= 11 is 0. The number of hydrogen-bond donors (Lipinski definition) is 2. The molecule has 0 aliphatic rings. The molecule has 0 radical (unpaired) electrons. The summed E-state index contributed by atoms with van der Waals surface area (Å²) in [4.78, 5) is 16.3. The van der Waals surface area contributed by atoms with Gasteiger partial charge in [-0.05, 0) is 42.0 Å². The largest absolute Gasteiger partial charge is 0.416 e. The van der Waals surface area contributed by atoms with Crippen LogP contribution in [0.1, 0.15) is 21.6 Å². The van der Waals surface area contributed by atoms with Crippen LogP contribution in [0.25, 0.3) is 0 Å². The normalized spacial score (nSPS) is 11.1. The monoisotopic (exact) mass is 371 g/mol. The summed E-state index contributed by atoms with van der Waals surface area (Å²) in [5.41, 5.74) is 1.48. The number of rotatable bonds is 5. The van der Waals surface area contributed by atoms with Crippen LogP contribution in [0.3, 0.4) is 0 Å². The van der Waals surface area contributed by atoms with Crippen molar-refractivity contribution in [1.82, 2.24) is 10.3 Å². The molecule has 0 atom stereocenters. The van der Waals surface area contributed by atoms with Crippen LogP contribution in [-0.2, 0) is 12.7 Å². The Morgan fingerprint density at radius 1 is 0.926 bits per heavy atom. The Hall–Kier alpha value is -3.35. The van der Waals surface area contributed by atoms with Gasteiger partial charge in [-0.3, -0.25) is 9.78 Å². The fraction of sp³-hybridized carbons (Fsp3) is 0.100. The number of halogens is 3. The van der Waals surface area contributed by atoms with Crippen LogP contribution in [0.4, 0.5) is 24.5 Å². The number of nitrogens with zero attached hydrogens (tertiary/aromatic N) is 1. The third kappa shape index (κ3) is 5.07. The SMILES string of the molecule is O=C(NCc1ccccc1)c1cc(Nc2ccc(C(F)(F)F)cc2)ccn1. The lowest BCUT2D eigenvalue weighted by Crippen LogP contribution is -2.23. The molecule has 0 fully saturated rings. The number of hydrogen-bond acceptors (Lipinski definition) is 3. The van der Waals surface area contributed by atoms with E-state index in [4.69, 9.17) is 0 Å². The lowest BCUT2D eigenvalue weighted by atomic mass is 10.2. The van der Waals surface area contributed by atoms with Crippen LogP contribution in [0.2, 0.25) is 0 Å². The first-order chi connectivity index (χ1) is 12.9. The van der Waals surface area contributed by atoms with Crippen LogP contribution in [-0.4, -0.2) is 10.9 Å². The van der Waals surface area contributed by atoms with Gasteiger partial charge in [0.15, 0.2) is 0 Å². The van der Waals surface area contributed by atoms with E-state index in [1.54, 1.807) is 6.07 Å². The van der Waals surface area contributed by atoms with E-state index in [-0.39, 0.29) is 11.6 Å². The quantitative estimate of drug-likeness (QED) is 0.679. The lowest BCUT2D eigenvalue weighted by Gasteiger charge is -2.10. The first-order valence-corrected chi connectivity index (χ1v) is 8.14. The van der Waals surface area contributed by atoms with Gasteiger partial charge < -0.3 is 10.6 Å². The number of benzene rings is 2. The van der Waals surface area contributed by atoms with Gasteiger partial charge in [-0.15, -0.1) is 0 Å². The van der Waals surface area contributed by atoms with E-state index in [0.717, 1.165) is 17.7 Å². The molecule has 3 aromatic rings. The lowest BCUT2D eigenvalue weighted by molar-refractivity contribution is -0.137. The second kappa shape index (κ2) is 7.90. The predicted molar refractivity (Wildman–Crippen MR) is 96.6 cm³/mol. The molecule has 0 spiro atoms. The zero-order valence-corrected chi connectivity index (χ0v) is 14.1. The van der Waals surface area contributed by atoms with Crippen molar-refractivity contribution in [3.8, 4) is 0 Å². The molecule has 3 rings (SSSR count). The Kier molecular flexibility index (Phi) is 5.40. The van der Waals surface area contributed by atoms with Gasteiger partial charge in [-0.1, -0.05) is 30.3 Å². The van der Waals surface area contributed by atoms with Gasteiger partial charge in [0.1, 0.15) is 5.69 Å². The summed E-state index contributed by atoms with van der Waals surface area (Å²) in [7, 11) is 0. The second-order valence-electron chi connectivity index (χ2n) is 5.80. The zero-order chi connectivity index (χ0) is 19.3. The highest BCUT2D eigenvalue weighted by atomic mass is 19.4. The third-order valence-corrected chi connectivity index (χ3v) is 3.79. The molecule has 7 heteroatoms. The Morgan fingerprint density at radius 2 is 1.63 bits per heavy atom. The maximum atomic E-state index is 12.6. The summed E-state index contributed by atoms with van der Waals surface area (Å²) < 4.78 is 37.8. The average Bonchev–Trinajstić information content (AvgIpc) is 2.67. The number of alkyl halides is 3. The number of carbonyl (C=O) groups excluding carboxylic acids is 1. The highest BCUT2D eigenvalue weighted by Crippen LogP contribution is 2.30. The molecule has 0 bridgehead atoms. The van der Waals surface area contributed by atoms with E-state index in [2.05, 4.69) is 15.6 Å². The maximum Gasteiger partial charge on any atom is 0.416 e. The fourth-order valence-corrected chi connectivity index (χ4v) is 2.41. The third-order valence-electron chi connectivity index (χ3n) is 3.79. The molecular weight excluding hydrogens is 355 g/mol. The van der Waals surface area contributed by atoms with Gasteiger partial charge in [-0.2, -0.15) is 13.2 Å². The fourth-order valence-electron chi connectivity index (χ4n) is 2.41. The van der Waals surface area contributed by atoms with Crippen LogP contribution in [0.15, 0.2) is 72.9 Å². The Balaban J connectivity index is 1.65. The van der Waals surface area contributed by atoms with E-state index in [0.29, 0.717) is 17.9 Å². The summed E-state index contributed by atoms with van der Waals surface area (Å²) in [5, 5.41) is 5.74. The Morgan fingerprint density at radius 3 is 2.30 bits per heavy atom. The number of carbonyl (C=O) groups is 1. The number of anilines is 2. The number of amides is 1. The molecule has 2 aromatic carbocycles. The molecule has 0 saturated heterocycles. The van der Waals surface area contributed by atoms with E-state index in [1.165, 1.54) is 24.4 Å². The van der Waals surface area contributed by atoms with Gasteiger partial charge in [0.2, 0.25) is 0 Å². The summed E-state index contributed by atoms with van der Waals surface area (Å²) in [6.45, 7) is 0.373. The van der Waals surface area contributed by atoms with Gasteiger partial charge in [0.25, 0.3) is 5.91 Å². The standard InChI is InChI=1S/C20H16F3N3O/c21-20(22,23)15-6-8-16(9-7-15)26-17-10-11-24-18(12-17)19(27)25-13-14-4-2-1-3-5-14/h1-12H,13H2,(H,24,26)(H,25,27). The van der Waals surface area contributed by atoms with Crippen LogP contribution in [0, 0.1) is 0 Å². The minimum absolute atomic E-state index is 0.211. The Labute approximate surface area is 154 Å². The minimum Gasteiger partial charge on any atom is -0.355 e. The predicted octanol–water partition coefficient (Wildman–Crippen LogP) is 4.77. The highest BCUT2D eigenvalue weighted by molar-refractivity contribution is 5.93. The molecule has 1 aromatic heterocycles. The van der Waals surface area contributed by atoms with Crippen molar-refractivity contribution in [3.63, 3.8) is 0 Å². The first-order valence-electron chi connectivity index (χ1n) is 8.14. The summed E-state index contributed by atoms with van der Waals surface area (Å²) in [6.07, 6.45) is -2.91. The number of nitrogens with one attached hydrogen (secondary N) is 2. The van der Waals surface area contributed by atoms with E-state index in [1.807, 2.05) is 30.3 Å². The first kappa shape index (κ1) is 18.4. The van der Waals surface area contributed by atoms with E-state index in [9.17, 15) is 18.0 Å². The Bertz CT molecular complexity index is 910. The van der Waals surface area contributed by atoms with Crippen LogP contribution >= 0.6 is 0 Å². The van der Waals surface area contributed by atoms with Gasteiger partial charge >= 0.3 is 6.18 Å². The van der Waals surface area contributed by atoms with Crippen LogP contribution < -0.4 is 10.6 Å². The molecule has 1 heterocycles. The van der Waals surface area contributed by atoms with Crippen LogP contribution in [0.5, 0.6) is 0 Å². The maximum absolute atomic E-state index is 12.6.